The Morgan fingerprint density at radius 3 is 1.72 bits per heavy atom. The molecule has 0 saturated heterocycles. The van der Waals surface area contributed by atoms with Crippen LogP contribution in [0.1, 0.15) is 44.7 Å². The fraction of sp³-hybridized carbons (Fsp3) is 0.278. The molecule has 5 rings (SSSR count). The quantitative estimate of drug-likeness (QED) is 0.214. The van der Waals surface area contributed by atoms with E-state index in [4.69, 9.17) is 9.16 Å². The summed E-state index contributed by atoms with van der Waals surface area (Å²) < 4.78 is 12.6. The summed E-state index contributed by atoms with van der Waals surface area (Å²) in [5.74, 6) is -1.77. The van der Waals surface area contributed by atoms with E-state index in [1.54, 1.807) is 6.92 Å². The van der Waals surface area contributed by atoms with Crippen LogP contribution in [0.15, 0.2) is 109 Å². The van der Waals surface area contributed by atoms with Crippen molar-refractivity contribution in [2.24, 2.45) is 5.92 Å². The van der Waals surface area contributed by atoms with Crippen LogP contribution in [0.3, 0.4) is 0 Å². The maximum Gasteiger partial charge on any atom is 0.407 e. The molecule has 0 spiro atoms. The second kappa shape index (κ2) is 12.6. The molecular weight excluding hydrogens is 554 g/mol. The Morgan fingerprint density at radius 2 is 1.26 bits per heavy atom. The van der Waals surface area contributed by atoms with Gasteiger partial charge in [-0.1, -0.05) is 137 Å². The molecule has 2 atom stereocenters. The molecule has 1 aliphatic rings. The van der Waals surface area contributed by atoms with Gasteiger partial charge in [-0.2, -0.15) is 0 Å². The monoisotopic (exact) mass is 593 g/mol. The number of hydrogen-bond acceptors (Lipinski definition) is 4. The van der Waals surface area contributed by atoms with Crippen LogP contribution in [0, 0.1) is 5.92 Å². The third kappa shape index (κ3) is 6.01. The van der Waals surface area contributed by atoms with E-state index in [0.29, 0.717) is 0 Å². The van der Waals surface area contributed by atoms with Crippen molar-refractivity contribution in [2.75, 3.05) is 13.2 Å². The molecule has 7 heteroatoms. The standard InChI is InChI=1S/C36H39NO5Si/c1-25(23-42-43(36(2,3)4,26-15-7-5-8-16-26)27-17-9-6-10-18-27)33(34(38)39)37-35(40)41-24-32-30-21-13-11-19-28(30)29-20-12-14-22-31(29)32/h5-22,25,32-33H,23-24H2,1-4H3,(H,37,40)(H,38,39)/t25-,33-/m1/s1. The van der Waals surface area contributed by atoms with E-state index >= 15 is 0 Å². The molecule has 4 aromatic carbocycles. The van der Waals surface area contributed by atoms with Crippen molar-refractivity contribution in [2.45, 2.75) is 44.7 Å². The number of fused-ring (bicyclic) bond motifs is 3. The van der Waals surface area contributed by atoms with Gasteiger partial charge in [0.15, 0.2) is 0 Å². The molecule has 0 unspecified atom stereocenters. The van der Waals surface area contributed by atoms with Crippen LogP contribution in [0.5, 0.6) is 0 Å². The van der Waals surface area contributed by atoms with Crippen LogP contribution in [-0.4, -0.2) is 44.7 Å². The number of alkyl carbamates (subject to hydrolysis) is 1. The average Bonchev–Trinajstić information content (AvgIpc) is 3.33. The van der Waals surface area contributed by atoms with E-state index in [2.05, 4.69) is 62.5 Å². The molecular formula is C36H39NO5Si. The van der Waals surface area contributed by atoms with Crippen molar-refractivity contribution in [1.29, 1.82) is 0 Å². The molecule has 1 aliphatic carbocycles. The van der Waals surface area contributed by atoms with Crippen LogP contribution in [0.25, 0.3) is 11.1 Å². The second-order valence-electron chi connectivity index (χ2n) is 12.2. The van der Waals surface area contributed by atoms with Crippen LogP contribution < -0.4 is 15.7 Å². The second-order valence-corrected chi connectivity index (χ2v) is 16.5. The van der Waals surface area contributed by atoms with Gasteiger partial charge in [-0.3, -0.25) is 0 Å². The zero-order chi connectivity index (χ0) is 30.6. The van der Waals surface area contributed by atoms with Gasteiger partial charge in [0.1, 0.15) is 12.6 Å². The number of rotatable bonds is 10. The van der Waals surface area contributed by atoms with Crippen LogP contribution >= 0.6 is 0 Å². The van der Waals surface area contributed by atoms with Gasteiger partial charge < -0.3 is 19.6 Å². The summed E-state index contributed by atoms with van der Waals surface area (Å²) in [7, 11) is -2.87. The fourth-order valence-corrected chi connectivity index (χ4v) is 11.0. The van der Waals surface area contributed by atoms with Crippen molar-refractivity contribution < 1.29 is 23.9 Å². The highest BCUT2D eigenvalue weighted by atomic mass is 28.4. The highest BCUT2D eigenvalue weighted by Gasteiger charge is 2.50. The zero-order valence-electron chi connectivity index (χ0n) is 25.1. The van der Waals surface area contributed by atoms with Crippen molar-refractivity contribution >= 4 is 30.8 Å². The lowest BCUT2D eigenvalue weighted by atomic mass is 9.98. The molecule has 222 valence electrons. The molecule has 43 heavy (non-hydrogen) atoms. The molecule has 0 aromatic heterocycles. The summed E-state index contributed by atoms with van der Waals surface area (Å²) in [5, 5.41) is 14.7. The molecule has 0 fully saturated rings. The van der Waals surface area contributed by atoms with Crippen LogP contribution in [-0.2, 0) is 14.0 Å². The number of aliphatic carboxylic acids is 1. The number of carboxylic acid groups (broad SMARTS) is 1. The van der Waals surface area contributed by atoms with E-state index in [0.717, 1.165) is 32.6 Å². The molecule has 1 amide bonds. The largest absolute Gasteiger partial charge is 0.480 e. The first kappa shape index (κ1) is 30.3. The summed E-state index contributed by atoms with van der Waals surface area (Å²) in [5.41, 5.74) is 4.45. The molecule has 0 bridgehead atoms. The normalized spacial score (nSPS) is 14.3. The van der Waals surface area contributed by atoms with Gasteiger partial charge in [0.25, 0.3) is 8.32 Å². The Morgan fingerprint density at radius 1 is 0.791 bits per heavy atom. The number of benzene rings is 4. The lowest BCUT2D eigenvalue weighted by molar-refractivity contribution is -0.141. The van der Waals surface area contributed by atoms with Crippen LogP contribution in [0.4, 0.5) is 4.79 Å². The van der Waals surface area contributed by atoms with Crippen molar-refractivity contribution in [3.63, 3.8) is 0 Å². The van der Waals surface area contributed by atoms with Gasteiger partial charge in [-0.15, -0.1) is 0 Å². The number of carbonyl (C=O) groups is 2. The highest BCUT2D eigenvalue weighted by Crippen LogP contribution is 2.44. The molecule has 0 aliphatic heterocycles. The minimum Gasteiger partial charge on any atom is -0.480 e. The van der Waals surface area contributed by atoms with Crippen molar-refractivity contribution in [3.05, 3.63) is 120 Å². The summed E-state index contributed by atoms with van der Waals surface area (Å²) in [4.78, 5) is 25.4. The molecule has 6 nitrogen and oxygen atoms in total. The van der Waals surface area contributed by atoms with Crippen molar-refractivity contribution in [1.82, 2.24) is 5.32 Å². The first-order chi connectivity index (χ1) is 20.6. The zero-order valence-corrected chi connectivity index (χ0v) is 26.1. The predicted molar refractivity (Wildman–Crippen MR) is 172 cm³/mol. The average molecular weight is 594 g/mol. The summed E-state index contributed by atoms with van der Waals surface area (Å²) in [6.45, 7) is 8.57. The van der Waals surface area contributed by atoms with Gasteiger partial charge in [-0.25, -0.2) is 9.59 Å². The van der Waals surface area contributed by atoms with E-state index in [1.165, 1.54) is 0 Å². The fourth-order valence-electron chi connectivity index (χ4n) is 6.33. The minimum absolute atomic E-state index is 0.110. The molecule has 0 radical (unpaired) electrons. The summed E-state index contributed by atoms with van der Waals surface area (Å²) in [6, 6.07) is 35.4. The van der Waals surface area contributed by atoms with Crippen LogP contribution in [0.2, 0.25) is 5.04 Å². The Hall–Kier alpha value is -4.20. The maximum absolute atomic E-state index is 13.0. The van der Waals surface area contributed by atoms with E-state index in [-0.39, 0.29) is 24.2 Å². The van der Waals surface area contributed by atoms with E-state index in [1.807, 2.05) is 72.8 Å². The Bertz CT molecular complexity index is 1480. The lowest BCUT2D eigenvalue weighted by Crippen LogP contribution is -2.67. The first-order valence-electron chi connectivity index (χ1n) is 14.7. The first-order valence-corrected chi connectivity index (χ1v) is 16.6. The number of hydrogen-bond donors (Lipinski definition) is 2. The molecule has 2 N–H and O–H groups in total. The van der Waals surface area contributed by atoms with Gasteiger partial charge in [-0.05, 0) is 37.7 Å². The summed E-state index contributed by atoms with van der Waals surface area (Å²) in [6.07, 6.45) is -0.758. The Kier molecular flexibility index (Phi) is 8.85. The smallest absolute Gasteiger partial charge is 0.407 e. The SMILES string of the molecule is C[C@H](CO[Si](c1ccccc1)(c1ccccc1)C(C)(C)C)[C@@H](NC(=O)OCC1c2ccccc2-c2ccccc21)C(=O)O. The minimum atomic E-state index is -2.87. The third-order valence-corrected chi connectivity index (χ3v) is 13.4. The number of nitrogens with one attached hydrogen (secondary N) is 1. The lowest BCUT2D eigenvalue weighted by Gasteiger charge is -2.43. The summed E-state index contributed by atoms with van der Waals surface area (Å²) >= 11 is 0. The van der Waals surface area contributed by atoms with Gasteiger partial charge in [0.2, 0.25) is 0 Å². The van der Waals surface area contributed by atoms with Gasteiger partial charge in [0.05, 0.1) is 0 Å². The van der Waals surface area contributed by atoms with Crippen molar-refractivity contribution in [3.8, 4) is 11.1 Å². The predicted octanol–water partition coefficient (Wildman–Crippen LogP) is 6.19. The van der Waals surface area contributed by atoms with E-state index < -0.39 is 32.3 Å². The molecule has 0 saturated carbocycles. The number of amides is 1. The van der Waals surface area contributed by atoms with Gasteiger partial charge >= 0.3 is 12.1 Å². The Balaban J connectivity index is 1.31. The molecule has 0 heterocycles. The highest BCUT2D eigenvalue weighted by molar-refractivity contribution is 6.99. The maximum atomic E-state index is 13.0. The van der Waals surface area contributed by atoms with Gasteiger partial charge in [0, 0.05) is 18.4 Å². The third-order valence-electron chi connectivity index (χ3n) is 8.43. The number of carbonyl (C=O) groups excluding carboxylic acids is 1. The molecule has 4 aromatic rings. The number of ether oxygens (including phenoxy) is 1. The van der Waals surface area contributed by atoms with E-state index in [9.17, 15) is 14.7 Å². The Labute approximate surface area is 254 Å². The topological polar surface area (TPSA) is 84.9 Å². The number of carboxylic acids is 1.